The zero-order chi connectivity index (χ0) is 11.3. The first-order valence-electron chi connectivity index (χ1n) is 4.88. The molecule has 0 unspecified atom stereocenters. The van der Waals surface area contributed by atoms with Gasteiger partial charge in [-0.2, -0.15) is 5.26 Å². The van der Waals surface area contributed by atoms with E-state index < -0.39 is 0 Å². The second-order valence-electron chi connectivity index (χ2n) is 3.11. The van der Waals surface area contributed by atoms with Crippen LogP contribution in [0.3, 0.4) is 0 Å². The van der Waals surface area contributed by atoms with Gasteiger partial charge < -0.3 is 10.6 Å². The van der Waals surface area contributed by atoms with E-state index in [1.165, 1.54) is 0 Å². The average molecular weight is 268 g/mol. The van der Waals surface area contributed by atoms with E-state index in [9.17, 15) is 0 Å². The largest absolute Gasteiger partial charge is 0.369 e. The van der Waals surface area contributed by atoms with Gasteiger partial charge in [0.05, 0.1) is 11.3 Å². The fraction of sp³-hybridized carbons (Fsp3) is 0.364. The highest BCUT2D eigenvalue weighted by Gasteiger charge is 2.10. The number of benzene rings is 1. The summed E-state index contributed by atoms with van der Waals surface area (Å²) in [5.41, 5.74) is 7.15. The molecule has 0 saturated carbocycles. The Labute approximate surface area is 98.6 Å². The Kier molecular flexibility index (Phi) is 4.60. The van der Waals surface area contributed by atoms with Crippen LogP contribution in [0.15, 0.2) is 22.7 Å². The van der Waals surface area contributed by atoms with Crippen molar-refractivity contribution in [1.29, 1.82) is 5.26 Å². The van der Waals surface area contributed by atoms with Gasteiger partial charge in [0.2, 0.25) is 0 Å². The van der Waals surface area contributed by atoms with Gasteiger partial charge in [-0.05, 0) is 35.0 Å². The highest BCUT2D eigenvalue weighted by molar-refractivity contribution is 9.10. The van der Waals surface area contributed by atoms with Crippen LogP contribution in [0.5, 0.6) is 0 Å². The molecule has 0 aliphatic heterocycles. The monoisotopic (exact) mass is 267 g/mol. The number of nitriles is 1. The summed E-state index contributed by atoms with van der Waals surface area (Å²) in [7, 11) is 0. The second kappa shape index (κ2) is 5.74. The molecule has 0 radical (unpaired) electrons. The van der Waals surface area contributed by atoms with Crippen molar-refractivity contribution in [2.45, 2.75) is 6.92 Å². The number of nitrogens with zero attached hydrogens (tertiary/aromatic N) is 2. The van der Waals surface area contributed by atoms with E-state index in [-0.39, 0.29) is 0 Å². The van der Waals surface area contributed by atoms with Crippen LogP contribution in [0.1, 0.15) is 12.5 Å². The maximum Gasteiger partial charge on any atom is 0.103 e. The molecule has 1 aromatic carbocycles. The third-order valence-corrected chi connectivity index (χ3v) is 2.89. The Hall–Kier alpha value is -1.05. The van der Waals surface area contributed by atoms with E-state index in [2.05, 4.69) is 33.8 Å². The number of halogens is 1. The van der Waals surface area contributed by atoms with Crippen LogP contribution in [-0.2, 0) is 0 Å². The summed E-state index contributed by atoms with van der Waals surface area (Å²) in [4.78, 5) is 2.10. The molecule has 0 saturated heterocycles. The SMILES string of the molecule is CCN(CCN)c1cccc(Br)c1C#N. The van der Waals surface area contributed by atoms with E-state index in [1.54, 1.807) is 0 Å². The molecule has 1 rings (SSSR count). The smallest absolute Gasteiger partial charge is 0.103 e. The molecule has 1 aromatic rings. The summed E-state index contributed by atoms with van der Waals surface area (Å²) in [6.07, 6.45) is 0. The maximum absolute atomic E-state index is 9.07. The Morgan fingerprint density at radius 2 is 2.27 bits per heavy atom. The molecular formula is C11H14BrN3. The lowest BCUT2D eigenvalue weighted by atomic mass is 10.1. The molecule has 3 nitrogen and oxygen atoms in total. The minimum atomic E-state index is 0.589. The van der Waals surface area contributed by atoms with Crippen LogP contribution in [0.4, 0.5) is 5.69 Å². The lowest BCUT2D eigenvalue weighted by Crippen LogP contribution is -2.29. The van der Waals surface area contributed by atoms with Crippen LogP contribution in [0, 0.1) is 11.3 Å². The maximum atomic E-state index is 9.07. The van der Waals surface area contributed by atoms with Crippen LogP contribution in [0.2, 0.25) is 0 Å². The Balaban J connectivity index is 3.12. The summed E-state index contributed by atoms with van der Waals surface area (Å²) >= 11 is 3.38. The van der Waals surface area contributed by atoms with Crippen molar-refractivity contribution < 1.29 is 0 Å². The molecule has 15 heavy (non-hydrogen) atoms. The molecule has 0 fully saturated rings. The Morgan fingerprint density at radius 3 is 2.80 bits per heavy atom. The first kappa shape index (κ1) is 12.0. The first-order valence-corrected chi connectivity index (χ1v) is 5.67. The van der Waals surface area contributed by atoms with E-state index in [0.717, 1.165) is 23.2 Å². The molecule has 0 heterocycles. The van der Waals surface area contributed by atoms with Gasteiger partial charge in [-0.3, -0.25) is 0 Å². The van der Waals surface area contributed by atoms with E-state index in [1.807, 2.05) is 18.2 Å². The molecule has 2 N–H and O–H groups in total. The lowest BCUT2D eigenvalue weighted by Gasteiger charge is -2.23. The van der Waals surface area contributed by atoms with Crippen molar-refractivity contribution in [3.05, 3.63) is 28.2 Å². The van der Waals surface area contributed by atoms with Gasteiger partial charge in [0.1, 0.15) is 6.07 Å². The quantitative estimate of drug-likeness (QED) is 0.909. The van der Waals surface area contributed by atoms with Gasteiger partial charge in [-0.15, -0.1) is 0 Å². The summed E-state index contributed by atoms with van der Waals surface area (Å²) in [5.74, 6) is 0. The standard InChI is InChI=1S/C11H14BrN3/c1-2-15(7-6-13)11-5-3-4-10(12)9(11)8-14/h3-5H,2,6-7,13H2,1H3. The van der Waals surface area contributed by atoms with E-state index in [0.29, 0.717) is 12.1 Å². The van der Waals surface area contributed by atoms with Crippen LogP contribution in [0.25, 0.3) is 0 Å². The fourth-order valence-electron chi connectivity index (χ4n) is 1.49. The number of hydrogen-bond donors (Lipinski definition) is 1. The zero-order valence-corrected chi connectivity index (χ0v) is 10.3. The second-order valence-corrected chi connectivity index (χ2v) is 3.97. The molecule has 0 spiro atoms. The van der Waals surface area contributed by atoms with Crippen molar-refractivity contribution in [3.8, 4) is 6.07 Å². The van der Waals surface area contributed by atoms with Gasteiger partial charge in [0, 0.05) is 24.1 Å². The fourth-order valence-corrected chi connectivity index (χ4v) is 1.94. The van der Waals surface area contributed by atoms with Gasteiger partial charge >= 0.3 is 0 Å². The summed E-state index contributed by atoms with van der Waals surface area (Å²) in [6, 6.07) is 7.96. The predicted molar refractivity (Wildman–Crippen MR) is 65.8 cm³/mol. The van der Waals surface area contributed by atoms with Crippen molar-refractivity contribution in [1.82, 2.24) is 0 Å². The van der Waals surface area contributed by atoms with Gasteiger partial charge in [0.25, 0.3) is 0 Å². The third kappa shape index (κ3) is 2.71. The van der Waals surface area contributed by atoms with E-state index >= 15 is 0 Å². The molecule has 0 atom stereocenters. The predicted octanol–water partition coefficient (Wildman–Crippen LogP) is 2.11. The zero-order valence-electron chi connectivity index (χ0n) is 8.70. The van der Waals surface area contributed by atoms with Crippen LogP contribution < -0.4 is 10.6 Å². The summed E-state index contributed by atoms with van der Waals surface area (Å²) < 4.78 is 0.831. The Bertz CT molecular complexity index is 371. The van der Waals surface area contributed by atoms with Gasteiger partial charge in [-0.1, -0.05) is 6.07 Å². The first-order chi connectivity index (χ1) is 7.24. The highest BCUT2D eigenvalue weighted by atomic mass is 79.9. The normalized spacial score (nSPS) is 9.73. The molecule has 4 heteroatoms. The third-order valence-electron chi connectivity index (χ3n) is 2.22. The molecule has 80 valence electrons. The van der Waals surface area contributed by atoms with Crippen LogP contribution >= 0.6 is 15.9 Å². The molecule has 0 aliphatic carbocycles. The van der Waals surface area contributed by atoms with Crippen molar-refractivity contribution >= 4 is 21.6 Å². The average Bonchev–Trinajstić information content (AvgIpc) is 2.25. The van der Waals surface area contributed by atoms with Crippen molar-refractivity contribution in [3.63, 3.8) is 0 Å². The number of nitrogens with two attached hydrogens (primary N) is 1. The number of rotatable bonds is 4. The summed E-state index contributed by atoms with van der Waals surface area (Å²) in [5, 5.41) is 9.07. The molecule has 0 bridgehead atoms. The number of anilines is 1. The highest BCUT2D eigenvalue weighted by Crippen LogP contribution is 2.26. The Morgan fingerprint density at radius 1 is 1.53 bits per heavy atom. The van der Waals surface area contributed by atoms with Gasteiger partial charge in [-0.25, -0.2) is 0 Å². The van der Waals surface area contributed by atoms with Gasteiger partial charge in [0.15, 0.2) is 0 Å². The number of likely N-dealkylation sites (N-methyl/N-ethyl adjacent to an activating group) is 1. The molecule has 0 aliphatic rings. The molecule has 0 amide bonds. The van der Waals surface area contributed by atoms with Crippen LogP contribution in [-0.4, -0.2) is 19.6 Å². The summed E-state index contributed by atoms with van der Waals surface area (Å²) in [6.45, 7) is 4.26. The molecule has 0 aromatic heterocycles. The van der Waals surface area contributed by atoms with Crippen molar-refractivity contribution in [2.24, 2.45) is 5.73 Å². The number of hydrogen-bond acceptors (Lipinski definition) is 3. The lowest BCUT2D eigenvalue weighted by molar-refractivity contribution is 0.815. The molecular weight excluding hydrogens is 254 g/mol. The van der Waals surface area contributed by atoms with Crippen molar-refractivity contribution in [2.75, 3.05) is 24.5 Å². The topological polar surface area (TPSA) is 53.0 Å². The minimum absolute atomic E-state index is 0.589. The minimum Gasteiger partial charge on any atom is -0.369 e. The van der Waals surface area contributed by atoms with E-state index in [4.69, 9.17) is 11.0 Å².